The lowest BCUT2D eigenvalue weighted by molar-refractivity contribution is 0.217. The molecule has 2 nitrogen and oxygen atoms in total. The molecule has 2 atom stereocenters. The topological polar surface area (TPSA) is 32.6 Å². The molecule has 0 fully saturated rings. The number of hydrogen-bond acceptors (Lipinski definition) is 2. The predicted octanol–water partition coefficient (Wildman–Crippen LogP) is 1.10. The van der Waals surface area contributed by atoms with E-state index in [2.05, 4.69) is 11.9 Å². The minimum Gasteiger partial charge on any atom is -0.396 e. The minimum atomic E-state index is 0.260. The first kappa shape index (κ1) is 7.73. The van der Waals surface area contributed by atoms with E-state index >= 15 is 0 Å². The van der Waals surface area contributed by atoms with Gasteiger partial charge in [0.15, 0.2) is 0 Å². The molecule has 0 radical (unpaired) electrons. The van der Waals surface area contributed by atoms with Crippen LogP contribution in [0.2, 0.25) is 0 Å². The quantitative estimate of drug-likeness (QED) is 0.582. The summed E-state index contributed by atoms with van der Waals surface area (Å²) in [4.78, 5) is 4.29. The van der Waals surface area contributed by atoms with E-state index < -0.39 is 0 Å². The summed E-state index contributed by atoms with van der Waals surface area (Å²) in [6.45, 7) is 5.40. The summed E-state index contributed by atoms with van der Waals surface area (Å²) in [5, 5.41) is 8.95. The van der Waals surface area contributed by atoms with Crippen LogP contribution in [-0.4, -0.2) is 24.0 Å². The van der Waals surface area contributed by atoms with Crippen LogP contribution in [0.15, 0.2) is 4.99 Å². The molecule has 0 aliphatic carbocycles. The van der Waals surface area contributed by atoms with Crippen molar-refractivity contribution < 1.29 is 5.11 Å². The van der Waals surface area contributed by atoms with Gasteiger partial charge in [0, 0.05) is 18.2 Å². The van der Waals surface area contributed by atoms with Gasteiger partial charge < -0.3 is 5.11 Å². The molecule has 1 heterocycles. The van der Waals surface area contributed by atoms with Crippen molar-refractivity contribution >= 4 is 5.71 Å². The van der Waals surface area contributed by atoms with E-state index in [0.717, 1.165) is 18.7 Å². The van der Waals surface area contributed by atoms with Gasteiger partial charge in [0.25, 0.3) is 0 Å². The summed E-state index contributed by atoms with van der Waals surface area (Å²) in [7, 11) is 0. The first-order valence-electron chi connectivity index (χ1n) is 3.87. The zero-order chi connectivity index (χ0) is 7.56. The maximum absolute atomic E-state index is 8.95. The molecule has 0 bridgehead atoms. The second-order valence-electron chi connectivity index (χ2n) is 3.08. The number of aliphatic hydroxyl groups is 1. The number of hydrogen-bond donors (Lipinski definition) is 1. The Balaban J connectivity index is 2.63. The average molecular weight is 141 g/mol. The molecule has 1 N–H and O–H groups in total. The summed E-state index contributed by atoms with van der Waals surface area (Å²) in [6, 6.07) is 0. The summed E-state index contributed by atoms with van der Waals surface area (Å²) >= 11 is 0. The van der Waals surface area contributed by atoms with Gasteiger partial charge in [-0.3, -0.25) is 4.99 Å². The Kier molecular flexibility index (Phi) is 2.44. The van der Waals surface area contributed by atoms with Crippen LogP contribution in [0, 0.1) is 11.8 Å². The smallest absolute Gasteiger partial charge is 0.0513 e. The summed E-state index contributed by atoms with van der Waals surface area (Å²) in [6.07, 6.45) is 1.13. The highest BCUT2D eigenvalue weighted by atomic mass is 16.3. The van der Waals surface area contributed by atoms with Crippen molar-refractivity contribution in [2.24, 2.45) is 16.8 Å². The van der Waals surface area contributed by atoms with Gasteiger partial charge in [0.1, 0.15) is 0 Å². The predicted molar refractivity (Wildman–Crippen MR) is 42.3 cm³/mol. The number of rotatable bonds is 1. The SMILES string of the molecule is CC1=NCCC(C)[C@H]1CO. The molecule has 10 heavy (non-hydrogen) atoms. The third kappa shape index (κ3) is 1.37. The fourth-order valence-corrected chi connectivity index (χ4v) is 1.49. The molecule has 2 heteroatoms. The highest BCUT2D eigenvalue weighted by molar-refractivity contribution is 5.85. The van der Waals surface area contributed by atoms with Crippen molar-refractivity contribution in [3.05, 3.63) is 0 Å². The Labute approximate surface area is 62.0 Å². The van der Waals surface area contributed by atoms with Crippen LogP contribution < -0.4 is 0 Å². The first-order valence-corrected chi connectivity index (χ1v) is 3.87. The lowest BCUT2D eigenvalue weighted by atomic mass is 9.86. The van der Waals surface area contributed by atoms with E-state index in [1.54, 1.807) is 0 Å². The highest BCUT2D eigenvalue weighted by Crippen LogP contribution is 2.20. The van der Waals surface area contributed by atoms with Gasteiger partial charge in [-0.15, -0.1) is 0 Å². The summed E-state index contributed by atoms with van der Waals surface area (Å²) in [5.41, 5.74) is 1.13. The van der Waals surface area contributed by atoms with E-state index in [-0.39, 0.29) is 6.61 Å². The molecule has 0 amide bonds. The Morgan fingerprint density at radius 1 is 1.70 bits per heavy atom. The maximum Gasteiger partial charge on any atom is 0.0513 e. The van der Waals surface area contributed by atoms with Gasteiger partial charge in [0.2, 0.25) is 0 Å². The van der Waals surface area contributed by atoms with Gasteiger partial charge >= 0.3 is 0 Å². The normalized spacial score (nSPS) is 33.7. The molecule has 0 aromatic rings. The van der Waals surface area contributed by atoms with E-state index in [9.17, 15) is 0 Å². The van der Waals surface area contributed by atoms with Crippen LogP contribution in [-0.2, 0) is 0 Å². The Morgan fingerprint density at radius 2 is 2.40 bits per heavy atom. The molecule has 1 aliphatic rings. The molecule has 1 rings (SSSR count). The molecule has 1 aliphatic heterocycles. The van der Waals surface area contributed by atoms with E-state index in [0.29, 0.717) is 11.8 Å². The zero-order valence-electron chi connectivity index (χ0n) is 6.67. The van der Waals surface area contributed by atoms with Crippen molar-refractivity contribution in [1.82, 2.24) is 0 Å². The summed E-state index contributed by atoms with van der Waals surface area (Å²) < 4.78 is 0. The lowest BCUT2D eigenvalue weighted by Gasteiger charge is -2.25. The summed E-state index contributed by atoms with van der Waals surface area (Å²) in [5.74, 6) is 0.941. The Bertz CT molecular complexity index is 142. The van der Waals surface area contributed by atoms with Crippen molar-refractivity contribution in [3.8, 4) is 0 Å². The number of aliphatic hydroxyl groups excluding tert-OH is 1. The van der Waals surface area contributed by atoms with Crippen molar-refractivity contribution in [2.45, 2.75) is 20.3 Å². The molecule has 0 aromatic heterocycles. The van der Waals surface area contributed by atoms with Crippen molar-refractivity contribution in [1.29, 1.82) is 0 Å². The van der Waals surface area contributed by atoms with Gasteiger partial charge in [0.05, 0.1) is 6.61 Å². The van der Waals surface area contributed by atoms with Gasteiger partial charge in [-0.25, -0.2) is 0 Å². The molecular formula is C8H15NO. The third-order valence-electron chi connectivity index (χ3n) is 2.37. The number of nitrogens with zero attached hydrogens (tertiary/aromatic N) is 1. The lowest BCUT2D eigenvalue weighted by Crippen LogP contribution is -2.28. The average Bonchev–Trinajstić information content (AvgIpc) is 1.88. The van der Waals surface area contributed by atoms with E-state index in [1.165, 1.54) is 0 Å². The molecule has 0 spiro atoms. The van der Waals surface area contributed by atoms with Crippen molar-refractivity contribution in [2.75, 3.05) is 13.2 Å². The van der Waals surface area contributed by atoms with Crippen LogP contribution >= 0.6 is 0 Å². The fraction of sp³-hybridized carbons (Fsp3) is 0.875. The highest BCUT2D eigenvalue weighted by Gasteiger charge is 2.21. The van der Waals surface area contributed by atoms with Crippen LogP contribution in [0.3, 0.4) is 0 Å². The minimum absolute atomic E-state index is 0.260. The molecule has 1 unspecified atom stereocenters. The molecule has 58 valence electrons. The molecule has 0 saturated carbocycles. The van der Waals surface area contributed by atoms with Crippen molar-refractivity contribution in [3.63, 3.8) is 0 Å². The molecule has 0 saturated heterocycles. The fourth-order valence-electron chi connectivity index (χ4n) is 1.49. The molecular weight excluding hydrogens is 126 g/mol. The van der Waals surface area contributed by atoms with Crippen LogP contribution in [0.5, 0.6) is 0 Å². The van der Waals surface area contributed by atoms with Gasteiger partial charge in [-0.1, -0.05) is 6.92 Å². The third-order valence-corrected chi connectivity index (χ3v) is 2.37. The van der Waals surface area contributed by atoms with Gasteiger partial charge in [-0.2, -0.15) is 0 Å². The molecule has 0 aromatic carbocycles. The first-order chi connectivity index (χ1) is 4.75. The second-order valence-corrected chi connectivity index (χ2v) is 3.08. The largest absolute Gasteiger partial charge is 0.396 e. The standard InChI is InChI=1S/C8H15NO/c1-6-3-4-9-7(2)8(6)5-10/h6,8,10H,3-5H2,1-2H3/t6?,8-/m1/s1. The Morgan fingerprint density at radius 3 is 2.80 bits per heavy atom. The van der Waals surface area contributed by atoms with Crippen LogP contribution in [0.4, 0.5) is 0 Å². The zero-order valence-corrected chi connectivity index (χ0v) is 6.67. The van der Waals surface area contributed by atoms with Gasteiger partial charge in [-0.05, 0) is 19.3 Å². The van der Waals surface area contributed by atoms with E-state index in [1.807, 2.05) is 6.92 Å². The maximum atomic E-state index is 8.95. The Hall–Kier alpha value is -0.370. The number of aliphatic imine (C=N–C) groups is 1. The monoisotopic (exact) mass is 141 g/mol. The second kappa shape index (κ2) is 3.15. The van der Waals surface area contributed by atoms with Crippen LogP contribution in [0.25, 0.3) is 0 Å². The van der Waals surface area contributed by atoms with E-state index in [4.69, 9.17) is 5.11 Å². The van der Waals surface area contributed by atoms with Crippen LogP contribution in [0.1, 0.15) is 20.3 Å².